The number of para-hydroxylation sites is 1. The molecule has 0 saturated heterocycles. The Morgan fingerprint density at radius 3 is 2.67 bits per heavy atom. The van der Waals surface area contributed by atoms with Crippen LogP contribution in [0.4, 0.5) is 11.4 Å². The number of rotatable bonds is 6. The Bertz CT molecular complexity index is 427. The molecule has 0 radical (unpaired) electrons. The number of likely N-dealkylation sites (N-methyl/N-ethyl adjacent to an activating group) is 1. The Morgan fingerprint density at radius 2 is 2.17 bits per heavy atom. The highest BCUT2D eigenvalue weighted by Crippen LogP contribution is 2.28. The second-order valence-electron chi connectivity index (χ2n) is 3.99. The summed E-state index contributed by atoms with van der Waals surface area (Å²) in [6, 6.07) is 3.98. The van der Waals surface area contributed by atoms with E-state index in [-0.39, 0.29) is 16.9 Å². The van der Waals surface area contributed by atoms with E-state index in [9.17, 15) is 14.9 Å². The molecule has 1 rings (SSSR count). The Morgan fingerprint density at radius 1 is 1.50 bits per heavy atom. The first-order valence-electron chi connectivity index (χ1n) is 5.32. The van der Waals surface area contributed by atoms with E-state index in [0.717, 1.165) is 0 Å². The number of benzene rings is 1. The number of anilines is 1. The van der Waals surface area contributed by atoms with Crippen LogP contribution in [0.1, 0.15) is 10.4 Å². The molecular formula is C11H15N3O4. The fourth-order valence-corrected chi connectivity index (χ4v) is 1.46. The van der Waals surface area contributed by atoms with Crippen molar-refractivity contribution in [1.29, 1.82) is 0 Å². The van der Waals surface area contributed by atoms with Crippen molar-refractivity contribution in [2.75, 3.05) is 32.5 Å². The average Bonchev–Trinajstić information content (AvgIpc) is 2.28. The molecule has 0 amide bonds. The van der Waals surface area contributed by atoms with E-state index in [1.165, 1.54) is 18.2 Å². The molecule has 2 N–H and O–H groups in total. The van der Waals surface area contributed by atoms with Crippen molar-refractivity contribution in [3.63, 3.8) is 0 Å². The van der Waals surface area contributed by atoms with Gasteiger partial charge in [0, 0.05) is 19.2 Å². The van der Waals surface area contributed by atoms with Gasteiger partial charge in [0.15, 0.2) is 0 Å². The number of hydrogen-bond acceptors (Lipinski definition) is 5. The number of carboxylic acids is 1. The summed E-state index contributed by atoms with van der Waals surface area (Å²) in [5.74, 6) is -1.19. The molecule has 0 heterocycles. The molecule has 0 bridgehead atoms. The third kappa shape index (κ3) is 3.42. The van der Waals surface area contributed by atoms with Gasteiger partial charge in [0.1, 0.15) is 5.69 Å². The predicted molar refractivity (Wildman–Crippen MR) is 67.1 cm³/mol. The van der Waals surface area contributed by atoms with Gasteiger partial charge < -0.3 is 15.3 Å². The van der Waals surface area contributed by atoms with E-state index in [2.05, 4.69) is 5.32 Å². The third-order valence-electron chi connectivity index (χ3n) is 2.33. The predicted octanol–water partition coefficient (Wildman–Crippen LogP) is 1.27. The number of hydrogen-bond donors (Lipinski definition) is 2. The number of nitro benzene ring substituents is 1. The summed E-state index contributed by atoms with van der Waals surface area (Å²) >= 11 is 0. The molecule has 7 nitrogen and oxygen atoms in total. The minimum absolute atomic E-state index is 0.0526. The van der Waals surface area contributed by atoms with E-state index in [4.69, 9.17) is 5.11 Å². The average molecular weight is 253 g/mol. The number of nitrogens with zero attached hydrogens (tertiary/aromatic N) is 2. The molecule has 0 spiro atoms. The van der Waals surface area contributed by atoms with Crippen LogP contribution in [-0.4, -0.2) is 48.1 Å². The van der Waals surface area contributed by atoms with Gasteiger partial charge in [0.05, 0.1) is 10.5 Å². The molecule has 18 heavy (non-hydrogen) atoms. The van der Waals surface area contributed by atoms with Crippen LogP contribution in [0.5, 0.6) is 0 Å². The lowest BCUT2D eigenvalue weighted by Gasteiger charge is -2.13. The van der Waals surface area contributed by atoms with Crippen molar-refractivity contribution in [3.05, 3.63) is 33.9 Å². The highest BCUT2D eigenvalue weighted by Gasteiger charge is 2.20. The molecule has 0 aliphatic heterocycles. The highest BCUT2D eigenvalue weighted by molar-refractivity contribution is 5.96. The second kappa shape index (κ2) is 5.97. The van der Waals surface area contributed by atoms with E-state index >= 15 is 0 Å². The van der Waals surface area contributed by atoms with Crippen molar-refractivity contribution in [3.8, 4) is 0 Å². The van der Waals surface area contributed by atoms with Gasteiger partial charge in [0.2, 0.25) is 0 Å². The standard InChI is InChI=1S/C11H15N3O4/c1-13(2)7-6-12-10-8(11(15)16)4-3-5-9(10)14(17)18/h3-5,12H,6-7H2,1-2H3,(H,15,16). The van der Waals surface area contributed by atoms with Gasteiger partial charge in [-0.2, -0.15) is 0 Å². The van der Waals surface area contributed by atoms with Crippen molar-refractivity contribution in [2.24, 2.45) is 0 Å². The molecule has 1 aromatic rings. The monoisotopic (exact) mass is 253 g/mol. The maximum atomic E-state index is 11.0. The zero-order valence-electron chi connectivity index (χ0n) is 10.2. The number of carbonyl (C=O) groups is 1. The van der Waals surface area contributed by atoms with Gasteiger partial charge in [-0.15, -0.1) is 0 Å². The second-order valence-corrected chi connectivity index (χ2v) is 3.99. The summed E-state index contributed by atoms with van der Waals surface area (Å²) in [7, 11) is 3.72. The number of aromatic carboxylic acids is 1. The molecule has 1 aromatic carbocycles. The van der Waals surface area contributed by atoms with Gasteiger partial charge in [-0.1, -0.05) is 6.07 Å². The largest absolute Gasteiger partial charge is 0.478 e. The molecule has 0 fully saturated rings. The zero-order valence-corrected chi connectivity index (χ0v) is 10.2. The number of nitrogens with one attached hydrogen (secondary N) is 1. The normalized spacial score (nSPS) is 10.4. The quantitative estimate of drug-likeness (QED) is 0.585. The van der Waals surface area contributed by atoms with Gasteiger partial charge in [0.25, 0.3) is 5.69 Å². The molecule has 0 unspecified atom stereocenters. The summed E-state index contributed by atoms with van der Waals surface area (Å²) in [6.45, 7) is 1.07. The van der Waals surface area contributed by atoms with Crippen LogP contribution < -0.4 is 5.32 Å². The van der Waals surface area contributed by atoms with Gasteiger partial charge >= 0.3 is 5.97 Å². The molecule has 0 atom stereocenters. The van der Waals surface area contributed by atoms with E-state index in [1.54, 1.807) is 0 Å². The molecule has 7 heteroatoms. The van der Waals surface area contributed by atoms with Crippen LogP contribution in [0, 0.1) is 10.1 Å². The van der Waals surface area contributed by atoms with Gasteiger partial charge in [-0.25, -0.2) is 4.79 Å². The van der Waals surface area contributed by atoms with E-state index < -0.39 is 10.9 Å². The number of nitro groups is 1. The Kier molecular flexibility index (Phi) is 4.61. The zero-order chi connectivity index (χ0) is 13.7. The summed E-state index contributed by atoms with van der Waals surface area (Å²) in [6.07, 6.45) is 0. The third-order valence-corrected chi connectivity index (χ3v) is 2.33. The van der Waals surface area contributed by atoms with Crippen molar-refractivity contribution >= 4 is 17.3 Å². The van der Waals surface area contributed by atoms with Crippen molar-refractivity contribution < 1.29 is 14.8 Å². The first-order valence-corrected chi connectivity index (χ1v) is 5.32. The molecule has 0 aromatic heterocycles. The lowest BCUT2D eigenvalue weighted by molar-refractivity contribution is -0.384. The lowest BCUT2D eigenvalue weighted by Crippen LogP contribution is -2.22. The van der Waals surface area contributed by atoms with Crippen molar-refractivity contribution in [2.45, 2.75) is 0 Å². The smallest absolute Gasteiger partial charge is 0.338 e. The molecule has 98 valence electrons. The van der Waals surface area contributed by atoms with E-state index in [1.807, 2.05) is 19.0 Å². The Hall–Kier alpha value is -2.15. The molecular weight excluding hydrogens is 238 g/mol. The first-order chi connectivity index (χ1) is 8.43. The minimum Gasteiger partial charge on any atom is -0.478 e. The van der Waals surface area contributed by atoms with Gasteiger partial charge in [-0.05, 0) is 20.2 Å². The summed E-state index contributed by atoms with van der Waals surface area (Å²) in [5.41, 5.74) is -0.270. The van der Waals surface area contributed by atoms with Crippen LogP contribution in [-0.2, 0) is 0 Å². The summed E-state index contributed by atoms with van der Waals surface area (Å²) in [5, 5.41) is 22.7. The van der Waals surface area contributed by atoms with E-state index in [0.29, 0.717) is 13.1 Å². The number of carboxylic acid groups (broad SMARTS) is 1. The molecule has 0 aliphatic carbocycles. The first kappa shape index (κ1) is 13.9. The fraction of sp³-hybridized carbons (Fsp3) is 0.364. The van der Waals surface area contributed by atoms with Crippen LogP contribution in [0.2, 0.25) is 0 Å². The van der Waals surface area contributed by atoms with Crippen LogP contribution in [0.25, 0.3) is 0 Å². The highest BCUT2D eigenvalue weighted by atomic mass is 16.6. The molecule has 0 aliphatic rings. The maximum Gasteiger partial charge on any atom is 0.338 e. The van der Waals surface area contributed by atoms with Crippen molar-refractivity contribution in [1.82, 2.24) is 4.90 Å². The van der Waals surface area contributed by atoms with Crippen LogP contribution in [0.15, 0.2) is 18.2 Å². The summed E-state index contributed by atoms with van der Waals surface area (Å²) < 4.78 is 0. The maximum absolute atomic E-state index is 11.0. The fourth-order valence-electron chi connectivity index (χ4n) is 1.46. The van der Waals surface area contributed by atoms with Gasteiger partial charge in [-0.3, -0.25) is 10.1 Å². The van der Waals surface area contributed by atoms with Crippen LogP contribution >= 0.6 is 0 Å². The topological polar surface area (TPSA) is 95.7 Å². The molecule has 0 saturated carbocycles. The van der Waals surface area contributed by atoms with Crippen LogP contribution in [0.3, 0.4) is 0 Å². The minimum atomic E-state index is -1.19. The summed E-state index contributed by atoms with van der Waals surface area (Å²) in [4.78, 5) is 23.2. The Labute approximate surface area is 104 Å². The Balaban J connectivity index is 3.03. The lowest BCUT2D eigenvalue weighted by atomic mass is 10.1. The SMILES string of the molecule is CN(C)CCNc1c(C(=O)O)cccc1[N+](=O)[O-].